The van der Waals surface area contributed by atoms with Crippen LogP contribution < -0.4 is 5.73 Å². The number of nitrogen functional groups attached to an aromatic ring is 1. The fourth-order valence-electron chi connectivity index (χ4n) is 1.17. The molecule has 5 nitrogen and oxygen atoms in total. The van der Waals surface area contributed by atoms with Gasteiger partial charge in [-0.15, -0.1) is 0 Å². The van der Waals surface area contributed by atoms with Crippen molar-refractivity contribution in [2.24, 2.45) is 0 Å². The Hall–Kier alpha value is -2.24. The summed E-state index contributed by atoms with van der Waals surface area (Å²) in [5.41, 5.74) is 5.82. The minimum atomic E-state index is -0.567. The minimum Gasteiger partial charge on any atom is -0.383 e. The molecule has 2 heterocycles. The van der Waals surface area contributed by atoms with Gasteiger partial charge in [-0.2, -0.15) is 5.10 Å². The van der Waals surface area contributed by atoms with E-state index in [1.165, 1.54) is 12.4 Å². The zero-order chi connectivity index (χ0) is 10.8. The second kappa shape index (κ2) is 3.49. The summed E-state index contributed by atoms with van der Waals surface area (Å²) in [5, 5.41) is 6.03. The number of hydrogen-bond donors (Lipinski definition) is 2. The molecule has 0 unspecified atom stereocenters. The number of nitrogens with one attached hydrogen (secondary N) is 1. The van der Waals surface area contributed by atoms with Crippen molar-refractivity contribution < 1.29 is 9.18 Å². The van der Waals surface area contributed by atoms with E-state index in [1.54, 1.807) is 0 Å². The minimum absolute atomic E-state index is 0.142. The lowest BCUT2D eigenvalue weighted by Gasteiger charge is -1.98. The van der Waals surface area contributed by atoms with Gasteiger partial charge in [0.05, 0.1) is 18.0 Å². The molecule has 2 aromatic rings. The van der Waals surface area contributed by atoms with Crippen molar-refractivity contribution in [2.75, 3.05) is 5.73 Å². The van der Waals surface area contributed by atoms with Crippen LogP contribution in [0.25, 0.3) is 0 Å². The molecule has 3 N–H and O–H groups in total. The van der Waals surface area contributed by atoms with Gasteiger partial charge in [-0.25, -0.2) is 4.39 Å². The van der Waals surface area contributed by atoms with E-state index in [-0.39, 0.29) is 16.9 Å². The fraction of sp³-hybridized carbons (Fsp3) is 0. The lowest BCUT2D eigenvalue weighted by atomic mass is 10.1. The highest BCUT2D eigenvalue weighted by molar-refractivity contribution is 6.11. The summed E-state index contributed by atoms with van der Waals surface area (Å²) < 4.78 is 12.8. The Kier molecular flexibility index (Phi) is 2.17. The number of carbonyl (C=O) groups excluding carboxylic acids is 1. The molecule has 0 radical (unpaired) electrons. The normalized spacial score (nSPS) is 10.2. The van der Waals surface area contributed by atoms with Gasteiger partial charge >= 0.3 is 0 Å². The first kappa shape index (κ1) is 9.32. The van der Waals surface area contributed by atoms with Gasteiger partial charge in [0.25, 0.3) is 0 Å². The second-order valence-electron chi connectivity index (χ2n) is 2.92. The number of nitrogens with two attached hydrogens (primary N) is 1. The van der Waals surface area contributed by atoms with Crippen molar-refractivity contribution in [3.05, 3.63) is 41.6 Å². The number of pyridine rings is 1. The lowest BCUT2D eigenvalue weighted by Crippen LogP contribution is -2.04. The Balaban J connectivity index is 2.41. The Labute approximate surface area is 84.1 Å². The summed E-state index contributed by atoms with van der Waals surface area (Å²) in [6.07, 6.45) is 3.59. The molecule has 15 heavy (non-hydrogen) atoms. The Morgan fingerprint density at radius 2 is 2.20 bits per heavy atom. The Bertz CT molecular complexity index is 508. The van der Waals surface area contributed by atoms with Gasteiger partial charge in [-0.3, -0.25) is 14.9 Å². The van der Waals surface area contributed by atoms with Gasteiger partial charge in [-0.1, -0.05) is 0 Å². The third-order valence-electron chi connectivity index (χ3n) is 1.88. The maximum absolute atomic E-state index is 12.8. The van der Waals surface area contributed by atoms with Crippen LogP contribution in [0, 0.1) is 5.82 Å². The largest absolute Gasteiger partial charge is 0.383 e. The van der Waals surface area contributed by atoms with Crippen LogP contribution in [-0.4, -0.2) is 21.0 Å². The van der Waals surface area contributed by atoms with Crippen LogP contribution in [0.1, 0.15) is 15.9 Å². The Morgan fingerprint density at radius 3 is 2.80 bits per heavy atom. The first-order chi connectivity index (χ1) is 7.18. The maximum Gasteiger partial charge on any atom is 0.199 e. The molecular weight excluding hydrogens is 199 g/mol. The number of ketones is 1. The van der Waals surface area contributed by atoms with E-state index in [4.69, 9.17) is 5.73 Å². The third-order valence-corrected chi connectivity index (χ3v) is 1.88. The van der Waals surface area contributed by atoms with Crippen LogP contribution in [-0.2, 0) is 0 Å². The number of aromatic nitrogens is 3. The molecule has 0 saturated heterocycles. The molecule has 0 amide bonds. The smallest absolute Gasteiger partial charge is 0.199 e. The van der Waals surface area contributed by atoms with Crippen molar-refractivity contribution in [1.29, 1.82) is 0 Å². The number of halogens is 1. The van der Waals surface area contributed by atoms with E-state index in [9.17, 15) is 9.18 Å². The highest BCUT2D eigenvalue weighted by atomic mass is 19.1. The van der Waals surface area contributed by atoms with E-state index in [0.717, 1.165) is 12.3 Å². The standard InChI is InChI=1S/C9H7FN4O/c10-6-1-5(2-12-3-6)8(15)7-4-13-14-9(7)11/h1-4H,(H3,11,13,14). The zero-order valence-corrected chi connectivity index (χ0v) is 7.57. The first-order valence-electron chi connectivity index (χ1n) is 4.12. The van der Waals surface area contributed by atoms with Crippen molar-refractivity contribution >= 4 is 11.6 Å². The van der Waals surface area contributed by atoms with Gasteiger partial charge < -0.3 is 5.73 Å². The Morgan fingerprint density at radius 1 is 1.40 bits per heavy atom. The van der Waals surface area contributed by atoms with Crippen LogP contribution in [0.4, 0.5) is 10.2 Å². The van der Waals surface area contributed by atoms with Gasteiger partial charge in [0.1, 0.15) is 11.6 Å². The molecule has 0 fully saturated rings. The summed E-state index contributed by atoms with van der Waals surface area (Å²) in [5.74, 6) is -0.819. The van der Waals surface area contributed by atoms with Gasteiger partial charge in [0, 0.05) is 11.8 Å². The molecule has 2 aromatic heterocycles. The van der Waals surface area contributed by atoms with Crippen molar-refractivity contribution in [3.63, 3.8) is 0 Å². The topological polar surface area (TPSA) is 84.7 Å². The fourth-order valence-corrected chi connectivity index (χ4v) is 1.17. The van der Waals surface area contributed by atoms with Gasteiger partial charge in [-0.05, 0) is 6.07 Å². The summed E-state index contributed by atoms with van der Waals surface area (Å²) in [6.45, 7) is 0. The number of carbonyl (C=O) groups is 1. The number of anilines is 1. The number of nitrogens with zero attached hydrogens (tertiary/aromatic N) is 2. The molecular formula is C9H7FN4O. The molecule has 0 aliphatic heterocycles. The molecule has 0 aliphatic rings. The zero-order valence-electron chi connectivity index (χ0n) is 7.57. The van der Waals surface area contributed by atoms with E-state index in [0.29, 0.717) is 0 Å². The summed E-state index contributed by atoms with van der Waals surface area (Å²) >= 11 is 0. The summed E-state index contributed by atoms with van der Waals surface area (Å²) in [7, 11) is 0. The average Bonchev–Trinajstić information content (AvgIpc) is 2.63. The highest BCUT2D eigenvalue weighted by Crippen LogP contribution is 2.13. The lowest BCUT2D eigenvalue weighted by molar-refractivity contribution is 0.103. The predicted octanol–water partition coefficient (Wildman–Crippen LogP) is 0.757. The maximum atomic E-state index is 12.8. The molecule has 0 aliphatic carbocycles. The summed E-state index contributed by atoms with van der Waals surface area (Å²) in [6, 6.07) is 1.10. The highest BCUT2D eigenvalue weighted by Gasteiger charge is 2.14. The van der Waals surface area contributed by atoms with E-state index < -0.39 is 11.6 Å². The van der Waals surface area contributed by atoms with Gasteiger partial charge in [0.2, 0.25) is 0 Å². The van der Waals surface area contributed by atoms with Crippen LogP contribution in [0.15, 0.2) is 24.7 Å². The van der Waals surface area contributed by atoms with Crippen LogP contribution in [0.5, 0.6) is 0 Å². The first-order valence-corrected chi connectivity index (χ1v) is 4.12. The number of H-pyrrole nitrogens is 1. The number of rotatable bonds is 2. The summed E-state index contributed by atoms with van der Waals surface area (Å²) in [4.78, 5) is 15.3. The van der Waals surface area contributed by atoms with Crippen LogP contribution >= 0.6 is 0 Å². The monoisotopic (exact) mass is 206 g/mol. The second-order valence-corrected chi connectivity index (χ2v) is 2.92. The number of hydrogen-bond acceptors (Lipinski definition) is 4. The molecule has 0 spiro atoms. The van der Waals surface area contributed by atoms with Crippen molar-refractivity contribution in [3.8, 4) is 0 Å². The predicted molar refractivity (Wildman–Crippen MR) is 50.6 cm³/mol. The van der Waals surface area contributed by atoms with Crippen molar-refractivity contribution in [2.45, 2.75) is 0 Å². The molecule has 76 valence electrons. The SMILES string of the molecule is Nc1[nH]ncc1C(=O)c1cncc(F)c1. The van der Waals surface area contributed by atoms with E-state index in [2.05, 4.69) is 15.2 Å². The molecule has 0 bridgehead atoms. The quantitative estimate of drug-likeness (QED) is 0.710. The third kappa shape index (κ3) is 1.69. The van der Waals surface area contributed by atoms with Crippen molar-refractivity contribution in [1.82, 2.24) is 15.2 Å². The van der Waals surface area contributed by atoms with E-state index in [1.807, 2.05) is 0 Å². The number of aromatic amines is 1. The molecule has 6 heteroatoms. The molecule has 0 saturated carbocycles. The molecule has 0 atom stereocenters. The van der Waals surface area contributed by atoms with Crippen LogP contribution in [0.2, 0.25) is 0 Å². The molecule has 2 rings (SSSR count). The average molecular weight is 206 g/mol. The van der Waals surface area contributed by atoms with E-state index >= 15 is 0 Å². The van der Waals surface area contributed by atoms with Gasteiger partial charge in [0.15, 0.2) is 5.78 Å². The molecule has 0 aromatic carbocycles. The van der Waals surface area contributed by atoms with Crippen LogP contribution in [0.3, 0.4) is 0 Å².